The van der Waals surface area contributed by atoms with Crippen molar-refractivity contribution in [2.24, 2.45) is 11.8 Å². The van der Waals surface area contributed by atoms with Crippen molar-refractivity contribution in [1.82, 2.24) is 39.7 Å². The van der Waals surface area contributed by atoms with E-state index >= 15 is 0 Å². The Morgan fingerprint density at radius 1 is 0.491 bits per heavy atom. The van der Waals surface area contributed by atoms with Gasteiger partial charge in [0.1, 0.15) is 16.8 Å². The molecule has 0 saturated carbocycles. The molecule has 14 aromatic rings. The van der Waals surface area contributed by atoms with Gasteiger partial charge in [-0.25, -0.2) is 9.97 Å². The third kappa shape index (κ3) is 16.8. The molecule has 1 aliphatic heterocycles. The molecule has 5 N–H and O–H groups in total. The number of carbonyl (C=O) groups is 1. The number of fused-ring (bicyclic) bond motifs is 2. The van der Waals surface area contributed by atoms with Crippen molar-refractivity contribution in [3.63, 3.8) is 0 Å². The maximum Gasteiger partial charge on any atom is 0.223 e. The number of aliphatic hydroxyl groups is 1. The van der Waals surface area contributed by atoms with Gasteiger partial charge in [-0.2, -0.15) is 0 Å². The number of benzene rings is 10. The first-order valence-electron chi connectivity index (χ1n) is 35.8. The summed E-state index contributed by atoms with van der Waals surface area (Å²) in [5.41, 5.74) is 13.8. The molecular weight excluding hydrogens is 1440 g/mol. The minimum atomic E-state index is -1.68. The highest BCUT2D eigenvalue weighted by atomic mass is 33.7. The van der Waals surface area contributed by atoms with Crippen LogP contribution in [0.3, 0.4) is 0 Å². The maximum atomic E-state index is 12.9. The highest BCUT2D eigenvalue weighted by molar-refractivity contribution is 9.48. The topological polar surface area (TPSA) is 138 Å². The Labute approximate surface area is 645 Å². The number of hydrogen-bond donors (Lipinski definition) is 5. The van der Waals surface area contributed by atoms with E-state index in [1.807, 2.05) is 96.3 Å². The van der Waals surface area contributed by atoms with Crippen LogP contribution in [0.1, 0.15) is 88.1 Å². The monoisotopic (exact) mass is 1520 g/mol. The summed E-state index contributed by atoms with van der Waals surface area (Å²) in [4.78, 5) is 30.2. The van der Waals surface area contributed by atoms with Crippen LogP contribution < -0.4 is 26.0 Å². The maximum absolute atomic E-state index is 12.9. The van der Waals surface area contributed by atoms with Gasteiger partial charge in [0.25, 0.3) is 0 Å². The third-order valence-corrected chi connectivity index (χ3v) is 51.3. The van der Waals surface area contributed by atoms with Crippen LogP contribution in [0.4, 0.5) is 0 Å². The van der Waals surface area contributed by atoms with E-state index in [4.69, 9.17) is 55.6 Å². The van der Waals surface area contributed by atoms with Crippen LogP contribution in [-0.4, -0.2) is 65.3 Å². The number of methoxy groups -OCH3 is 1. The second-order valence-corrected chi connectivity index (χ2v) is 48.3. The van der Waals surface area contributed by atoms with Gasteiger partial charge >= 0.3 is 0 Å². The fourth-order valence-corrected chi connectivity index (χ4v) is 56.6. The largest absolute Gasteiger partial charge is 0.497 e. The molecule has 15 rings (SSSR count). The zero-order valence-electron chi connectivity index (χ0n) is 59.5. The number of hydrogen-bond acceptors (Lipinski definition) is 10. The van der Waals surface area contributed by atoms with Gasteiger partial charge in [-0.1, -0.05) is 314 Å². The molecule has 5 heterocycles. The van der Waals surface area contributed by atoms with Crippen LogP contribution >= 0.6 is 43.1 Å². The van der Waals surface area contributed by atoms with E-state index in [1.54, 1.807) is 7.11 Å². The number of aryl methyl sites for hydroxylation is 2. The molecule has 0 bridgehead atoms. The number of nitrogens with zero attached hydrogens (tertiary/aromatic N) is 4. The van der Waals surface area contributed by atoms with Gasteiger partial charge in [-0.05, 0) is 125 Å². The number of ether oxygens (including phenoxy) is 1. The third-order valence-electron chi connectivity index (χ3n) is 19.6. The Hall–Kier alpha value is -9.18. The SMILES string of the molecule is COc1ccc(P2(=S)SP(=S)(c3ccc(CO)cc3)S2)cc1.C[C@H](Cc1c[nH]c2ccccc12)C(=O)NCCCc1cn(C(c2ccccc2)(c2ccccc2)c2ccccc2)cn1.C[C@H](Cc1c[nH]c2ccccc12)C(=S)NCCCc1cn(C(c2ccccc2)(c2ccccc2)c2ccccc2)cn1. The van der Waals surface area contributed by atoms with Crippen molar-refractivity contribution in [3.8, 4) is 5.75 Å². The molecule has 1 amide bonds. The average Bonchev–Trinajstić information content (AvgIpc) is 1.16. The number of carbonyl (C=O) groups excluding carboxylic acids is 1. The lowest BCUT2D eigenvalue weighted by atomic mass is 9.77. The van der Waals surface area contributed by atoms with Crippen LogP contribution in [0, 0.1) is 11.8 Å². The van der Waals surface area contributed by atoms with Gasteiger partial charge in [-0.15, -0.1) is 0 Å². The number of aromatic amines is 2. The predicted octanol–water partition coefficient (Wildman–Crippen LogP) is 19.3. The second kappa shape index (κ2) is 35.0. The summed E-state index contributed by atoms with van der Waals surface area (Å²) in [6, 6.07) is 96.7. The lowest BCUT2D eigenvalue weighted by Gasteiger charge is -2.40. The molecule has 0 unspecified atom stereocenters. The minimum absolute atomic E-state index is 0.0628. The quantitative estimate of drug-likeness (QED) is 0.0153. The van der Waals surface area contributed by atoms with E-state index < -0.39 is 20.0 Å². The summed E-state index contributed by atoms with van der Waals surface area (Å²) < 4.78 is 6.36. The summed E-state index contributed by atoms with van der Waals surface area (Å²) in [6.45, 7) is 5.70. The summed E-state index contributed by atoms with van der Waals surface area (Å²) in [7, 11) is 1.66. The van der Waals surface area contributed by atoms with Crippen LogP contribution in [0.2, 0.25) is 0 Å². The van der Waals surface area contributed by atoms with Crippen LogP contribution in [0.25, 0.3) is 21.8 Å². The molecule has 4 aromatic heterocycles. The predicted molar refractivity (Wildman–Crippen MR) is 455 cm³/mol. The molecule has 11 nitrogen and oxygen atoms in total. The van der Waals surface area contributed by atoms with Gasteiger partial charge < -0.3 is 39.6 Å². The fraction of sp³-hybridized carbons (Fsp3) is 0.182. The van der Waals surface area contributed by atoms with Crippen molar-refractivity contribution >= 4 is 110 Å². The van der Waals surface area contributed by atoms with Crippen molar-refractivity contribution in [3.05, 3.63) is 378 Å². The first kappa shape index (κ1) is 75.1. The molecule has 0 aliphatic carbocycles. The Morgan fingerprint density at radius 2 is 0.840 bits per heavy atom. The van der Waals surface area contributed by atoms with E-state index in [-0.39, 0.29) is 24.3 Å². The number of amides is 1. The standard InChI is InChI=1S/C37H36N4O.C37H36N4S.C14H14O2P2S4/c2*1-28(24-29-25-39-35-22-12-11-21-34(29)35)36(42)38-23-13-20-33-26-41(27-40-33)37(30-14-5-2-6-15-30,31-16-7-3-8-17-31)32-18-9-4-10-19-32;1-16-12-4-8-14(9-5-12)18(20)21-17(19,22-18)13-6-2-11(10-15)3-7-13/h2*2-12,14-19,21-22,25-28,39H,13,20,23-24H2,1H3,(H,38,42);2-9,15H,10H2,1H3/t2*28-;/m11./s1. The Bertz CT molecular complexity index is 4740. The normalized spacial score (nSPS) is 15.4. The number of imidazole rings is 2. The Balaban J connectivity index is 0.000000148. The molecule has 10 aromatic carbocycles. The minimum Gasteiger partial charge on any atom is -0.497 e. The fourth-order valence-electron chi connectivity index (χ4n) is 14.1. The number of thiocarbonyl (C=S) groups is 1. The highest BCUT2D eigenvalue weighted by Crippen LogP contribution is 3.04. The van der Waals surface area contributed by atoms with Crippen LogP contribution in [0.15, 0.2) is 316 Å². The first-order chi connectivity index (χ1) is 51.8. The average molecular weight is 1530 g/mol. The zero-order valence-corrected chi connectivity index (χ0v) is 65.4. The van der Waals surface area contributed by atoms with Gasteiger partial charge in [0.05, 0.1) is 51.6 Å². The molecule has 1 saturated heterocycles. The first-order valence-corrected chi connectivity index (χ1v) is 45.9. The summed E-state index contributed by atoms with van der Waals surface area (Å²) >= 11 is 21.2. The number of aliphatic hydroxyl groups excluding tert-OH is 1. The van der Waals surface area contributed by atoms with E-state index in [1.165, 1.54) is 71.4 Å². The molecule has 536 valence electrons. The second-order valence-electron chi connectivity index (χ2n) is 26.6. The molecule has 106 heavy (non-hydrogen) atoms. The zero-order chi connectivity index (χ0) is 73.4. The number of nitrogens with one attached hydrogen (secondary N) is 4. The van der Waals surface area contributed by atoms with Crippen molar-refractivity contribution in [2.45, 2.75) is 70.1 Å². The van der Waals surface area contributed by atoms with Crippen molar-refractivity contribution < 1.29 is 14.6 Å². The van der Waals surface area contributed by atoms with Gasteiger partial charge in [-0.3, -0.25) is 4.79 Å². The summed E-state index contributed by atoms with van der Waals surface area (Å²) in [5.74, 6) is 1.09. The van der Waals surface area contributed by atoms with Crippen LogP contribution in [0.5, 0.6) is 5.75 Å². The molecule has 1 fully saturated rings. The lowest BCUT2D eigenvalue weighted by molar-refractivity contribution is -0.124. The smallest absolute Gasteiger partial charge is 0.223 e. The lowest BCUT2D eigenvalue weighted by Crippen LogP contribution is -2.36. The molecule has 1 aliphatic rings. The van der Waals surface area contributed by atoms with E-state index in [0.717, 1.165) is 71.9 Å². The van der Waals surface area contributed by atoms with Crippen molar-refractivity contribution in [2.75, 3.05) is 20.2 Å². The van der Waals surface area contributed by atoms with Gasteiger partial charge in [0, 0.05) is 82.1 Å². The van der Waals surface area contributed by atoms with Gasteiger partial charge in [0.15, 0.2) is 0 Å². The Morgan fingerprint density at radius 3 is 1.22 bits per heavy atom. The molecule has 18 heteroatoms. The molecule has 0 spiro atoms. The summed E-state index contributed by atoms with van der Waals surface area (Å²) in [5, 5.41) is 20.6. The Kier molecular flexibility index (Phi) is 24.8. The number of rotatable bonds is 26. The van der Waals surface area contributed by atoms with E-state index in [9.17, 15) is 4.79 Å². The van der Waals surface area contributed by atoms with E-state index in [0.29, 0.717) is 13.0 Å². The molecular formula is C88H86N8O3P2S5. The molecule has 2 atom stereocenters. The number of aromatic nitrogens is 6. The highest BCUT2D eigenvalue weighted by Gasteiger charge is 2.46. The number of H-pyrrole nitrogens is 2. The van der Waals surface area contributed by atoms with Crippen molar-refractivity contribution in [1.29, 1.82) is 0 Å². The number of para-hydroxylation sites is 2. The molecule has 0 radical (unpaired) electrons. The summed E-state index contributed by atoms with van der Waals surface area (Å²) in [6.07, 6.45) is 17.5. The van der Waals surface area contributed by atoms with Gasteiger partial charge in [0.2, 0.25) is 5.91 Å². The van der Waals surface area contributed by atoms with Crippen LogP contribution in [-0.2, 0) is 71.8 Å². The van der Waals surface area contributed by atoms with E-state index in [2.05, 4.69) is 286 Å².